The van der Waals surface area contributed by atoms with Crippen LogP contribution in [0.5, 0.6) is 0 Å². The van der Waals surface area contributed by atoms with Gasteiger partial charge in [0.25, 0.3) is 0 Å². The maximum absolute atomic E-state index is 13.7. The first-order valence-electron chi connectivity index (χ1n) is 15.2. The highest BCUT2D eigenvalue weighted by atomic mass is 32.2. The van der Waals surface area contributed by atoms with Crippen molar-refractivity contribution in [2.24, 2.45) is 0 Å². The smallest absolute Gasteiger partial charge is 0.410 e. The Bertz CT molecular complexity index is 1670. The van der Waals surface area contributed by atoms with Gasteiger partial charge in [0.2, 0.25) is 0 Å². The number of amides is 1. The summed E-state index contributed by atoms with van der Waals surface area (Å²) in [6, 6.07) is 46.4. The molecule has 6 heteroatoms. The van der Waals surface area contributed by atoms with Gasteiger partial charge in [-0.15, -0.1) is 11.8 Å². The first kappa shape index (κ1) is 28.9. The van der Waals surface area contributed by atoms with E-state index in [1.807, 2.05) is 78.9 Å². The zero-order valence-electron chi connectivity index (χ0n) is 24.7. The van der Waals surface area contributed by atoms with Gasteiger partial charge in [0.15, 0.2) is 0 Å². The minimum Gasteiger partial charge on any atom is -0.480 e. The van der Waals surface area contributed by atoms with Gasteiger partial charge in [-0.25, -0.2) is 9.59 Å². The van der Waals surface area contributed by atoms with Gasteiger partial charge in [0.05, 0.1) is 4.75 Å². The van der Waals surface area contributed by atoms with Crippen LogP contribution in [0.1, 0.15) is 40.2 Å². The maximum Gasteiger partial charge on any atom is 0.410 e. The van der Waals surface area contributed by atoms with Crippen LogP contribution in [0.15, 0.2) is 140 Å². The van der Waals surface area contributed by atoms with Crippen LogP contribution < -0.4 is 0 Å². The van der Waals surface area contributed by atoms with E-state index < -0.39 is 22.9 Å². The molecule has 0 radical (unpaired) electrons. The third kappa shape index (κ3) is 5.29. The van der Waals surface area contributed by atoms with Crippen LogP contribution >= 0.6 is 11.8 Å². The van der Waals surface area contributed by atoms with Crippen molar-refractivity contribution in [2.45, 2.75) is 28.4 Å². The van der Waals surface area contributed by atoms with E-state index in [4.69, 9.17) is 4.74 Å². The van der Waals surface area contributed by atoms with Crippen LogP contribution in [-0.2, 0) is 14.3 Å². The summed E-state index contributed by atoms with van der Waals surface area (Å²) in [7, 11) is 0. The third-order valence-corrected chi connectivity index (χ3v) is 10.7. The molecule has 1 aliphatic heterocycles. The van der Waals surface area contributed by atoms with Crippen LogP contribution in [0.2, 0.25) is 0 Å². The molecule has 1 N–H and O–H groups in total. The molecule has 2 aliphatic rings. The molecule has 1 heterocycles. The third-order valence-electron chi connectivity index (χ3n) is 9.00. The number of likely N-dealkylation sites (tertiary alicyclic amines) is 1. The van der Waals surface area contributed by atoms with Crippen LogP contribution in [-0.4, -0.2) is 46.5 Å². The molecule has 45 heavy (non-hydrogen) atoms. The lowest BCUT2D eigenvalue weighted by Gasteiger charge is -2.37. The molecule has 1 saturated heterocycles. The summed E-state index contributed by atoms with van der Waals surface area (Å²) in [4.78, 5) is 27.7. The number of aliphatic carboxylic acids is 1. The minimum absolute atomic E-state index is 0.0979. The van der Waals surface area contributed by atoms with E-state index in [0.717, 1.165) is 38.9 Å². The monoisotopic (exact) mass is 611 g/mol. The van der Waals surface area contributed by atoms with Gasteiger partial charge in [-0.3, -0.25) is 4.90 Å². The Morgan fingerprint density at radius 1 is 0.689 bits per heavy atom. The number of rotatable bonds is 8. The standard InChI is InChI=1S/C39H33NO4S/c41-37(42)36-24-30(25-40(36)38(43)44-26-35-33-22-12-10-20-31(33)32-21-11-13-23-34(32)35)45-39(27-14-4-1-5-15-27,28-16-6-2-7-17-28)29-18-8-3-9-19-29/h1-23,30,35-36H,24-26H2,(H,41,42)/t30-,36+/m1/s1. The molecule has 0 saturated carbocycles. The quantitative estimate of drug-likeness (QED) is 0.179. The molecule has 1 fully saturated rings. The van der Waals surface area contributed by atoms with Gasteiger partial charge < -0.3 is 9.84 Å². The van der Waals surface area contributed by atoms with Crippen molar-refractivity contribution in [3.05, 3.63) is 167 Å². The van der Waals surface area contributed by atoms with Crippen molar-refractivity contribution in [1.29, 1.82) is 0 Å². The van der Waals surface area contributed by atoms with Crippen molar-refractivity contribution >= 4 is 23.8 Å². The summed E-state index contributed by atoms with van der Waals surface area (Å²) in [5.74, 6) is -1.12. The summed E-state index contributed by atoms with van der Waals surface area (Å²) in [6.45, 7) is 0.419. The predicted octanol–water partition coefficient (Wildman–Crippen LogP) is 8.19. The summed E-state index contributed by atoms with van der Waals surface area (Å²) in [6.07, 6.45) is -0.268. The fourth-order valence-electron chi connectivity index (χ4n) is 6.97. The highest BCUT2D eigenvalue weighted by molar-refractivity contribution is 8.01. The lowest BCUT2D eigenvalue weighted by Crippen LogP contribution is -2.41. The van der Waals surface area contributed by atoms with Crippen LogP contribution in [0.4, 0.5) is 4.79 Å². The van der Waals surface area contributed by atoms with E-state index in [1.165, 1.54) is 4.90 Å². The molecule has 5 aromatic carbocycles. The fourth-order valence-corrected chi connectivity index (χ4v) is 8.80. The average Bonchev–Trinajstić information content (AvgIpc) is 3.67. The van der Waals surface area contributed by atoms with E-state index in [2.05, 4.69) is 60.7 Å². The summed E-state index contributed by atoms with van der Waals surface area (Å²) in [5.41, 5.74) is 7.82. The predicted molar refractivity (Wildman–Crippen MR) is 178 cm³/mol. The lowest BCUT2D eigenvalue weighted by atomic mass is 9.84. The molecule has 5 aromatic rings. The van der Waals surface area contributed by atoms with Gasteiger partial charge in [-0.05, 0) is 45.4 Å². The van der Waals surface area contributed by atoms with Crippen molar-refractivity contribution in [2.75, 3.05) is 13.2 Å². The van der Waals surface area contributed by atoms with E-state index in [9.17, 15) is 14.7 Å². The zero-order valence-corrected chi connectivity index (χ0v) is 25.5. The molecule has 2 atom stereocenters. The molecule has 0 bridgehead atoms. The fraction of sp³-hybridized carbons (Fsp3) is 0.179. The number of carbonyl (C=O) groups is 2. The van der Waals surface area contributed by atoms with E-state index in [0.29, 0.717) is 6.42 Å². The molecule has 0 spiro atoms. The van der Waals surface area contributed by atoms with Crippen LogP contribution in [0.3, 0.4) is 0 Å². The minimum atomic E-state index is -1.02. The molecular formula is C39H33NO4S. The first-order valence-corrected chi connectivity index (χ1v) is 16.1. The Balaban J connectivity index is 1.18. The number of fused-ring (bicyclic) bond motifs is 3. The summed E-state index contributed by atoms with van der Waals surface area (Å²) < 4.78 is 5.33. The number of nitrogens with zero attached hydrogens (tertiary/aromatic N) is 1. The van der Waals surface area contributed by atoms with E-state index >= 15 is 0 Å². The normalized spacial score (nSPS) is 17.5. The molecule has 5 nitrogen and oxygen atoms in total. The average molecular weight is 612 g/mol. The number of benzene rings is 5. The number of hydrogen-bond acceptors (Lipinski definition) is 4. The van der Waals surface area contributed by atoms with Gasteiger partial charge in [-0.1, -0.05) is 140 Å². The maximum atomic E-state index is 13.7. The topological polar surface area (TPSA) is 66.8 Å². The van der Waals surface area contributed by atoms with Crippen molar-refractivity contribution in [3.8, 4) is 11.1 Å². The largest absolute Gasteiger partial charge is 0.480 e. The highest BCUT2D eigenvalue weighted by Crippen LogP contribution is 2.52. The lowest BCUT2D eigenvalue weighted by molar-refractivity contribution is -0.141. The number of carboxylic acids is 1. The second-order valence-electron chi connectivity index (χ2n) is 11.6. The van der Waals surface area contributed by atoms with Crippen molar-refractivity contribution in [3.63, 3.8) is 0 Å². The van der Waals surface area contributed by atoms with Gasteiger partial charge in [0.1, 0.15) is 12.6 Å². The Labute approximate surface area is 267 Å². The van der Waals surface area contributed by atoms with Gasteiger partial charge in [-0.2, -0.15) is 0 Å². The SMILES string of the molecule is O=C(O)[C@@H]1C[C@@H](SC(c2ccccc2)(c2ccccc2)c2ccccc2)CN1C(=O)OCC1c2ccccc2-c2ccccc21. The Morgan fingerprint density at radius 3 is 1.60 bits per heavy atom. The van der Waals surface area contributed by atoms with Crippen LogP contribution in [0, 0.1) is 0 Å². The Kier molecular flexibility index (Phi) is 7.90. The Morgan fingerprint density at radius 2 is 1.13 bits per heavy atom. The molecule has 1 amide bonds. The van der Waals surface area contributed by atoms with Crippen LogP contribution in [0.25, 0.3) is 11.1 Å². The number of carboxylic acid groups (broad SMARTS) is 1. The molecule has 1 aliphatic carbocycles. The van der Waals surface area contributed by atoms with Gasteiger partial charge >= 0.3 is 12.1 Å². The second-order valence-corrected chi connectivity index (χ2v) is 13.1. The highest BCUT2D eigenvalue weighted by Gasteiger charge is 2.47. The summed E-state index contributed by atoms with van der Waals surface area (Å²) in [5, 5.41) is 10.1. The molecule has 7 rings (SSSR count). The van der Waals surface area contributed by atoms with E-state index in [1.54, 1.807) is 11.8 Å². The Hall–Kier alpha value is -4.81. The van der Waals surface area contributed by atoms with E-state index in [-0.39, 0.29) is 24.3 Å². The number of ether oxygens (including phenoxy) is 1. The van der Waals surface area contributed by atoms with Crippen molar-refractivity contribution < 1.29 is 19.4 Å². The van der Waals surface area contributed by atoms with Gasteiger partial charge in [0, 0.05) is 17.7 Å². The number of thioether (sulfide) groups is 1. The second kappa shape index (κ2) is 12.3. The molecular weight excluding hydrogens is 578 g/mol. The first-order chi connectivity index (χ1) is 22.1. The molecule has 224 valence electrons. The van der Waals surface area contributed by atoms with Crippen molar-refractivity contribution in [1.82, 2.24) is 4.90 Å². The number of carbonyl (C=O) groups excluding carboxylic acids is 1. The molecule has 0 aromatic heterocycles. The molecule has 0 unspecified atom stereocenters. The zero-order chi connectivity index (χ0) is 30.8. The number of hydrogen-bond donors (Lipinski definition) is 1. The summed E-state index contributed by atoms with van der Waals surface area (Å²) >= 11 is 1.71.